The van der Waals surface area contributed by atoms with Crippen molar-refractivity contribution in [3.8, 4) is 11.3 Å². The van der Waals surface area contributed by atoms with E-state index in [9.17, 15) is 9.59 Å². The molecule has 1 fully saturated rings. The largest absolute Gasteiger partial charge is 0.352 e. The highest BCUT2D eigenvalue weighted by atomic mass is 35.5. The van der Waals surface area contributed by atoms with E-state index in [-0.39, 0.29) is 24.4 Å². The molecular formula is C32H32ClN5O2. The number of hydrogen-bond donors (Lipinski definition) is 0. The van der Waals surface area contributed by atoms with Crippen LogP contribution in [0, 0.1) is 6.92 Å². The van der Waals surface area contributed by atoms with Gasteiger partial charge in [0.1, 0.15) is 6.54 Å². The summed E-state index contributed by atoms with van der Waals surface area (Å²) in [5.41, 5.74) is 4.20. The van der Waals surface area contributed by atoms with E-state index in [1.165, 1.54) is 0 Å². The second-order valence-electron chi connectivity index (χ2n) is 10.0. The van der Waals surface area contributed by atoms with E-state index >= 15 is 0 Å². The summed E-state index contributed by atoms with van der Waals surface area (Å²) in [6, 6.07) is 28.5. The van der Waals surface area contributed by atoms with E-state index in [2.05, 4.69) is 15.1 Å². The minimum Gasteiger partial charge on any atom is -0.352 e. The first-order valence-corrected chi connectivity index (χ1v) is 13.8. The lowest BCUT2D eigenvalue weighted by Gasteiger charge is -2.37. The third-order valence-corrected chi connectivity index (χ3v) is 7.70. The van der Waals surface area contributed by atoms with Crippen molar-refractivity contribution in [3.63, 3.8) is 0 Å². The maximum Gasteiger partial charge on any atom is 0.254 e. The zero-order valence-corrected chi connectivity index (χ0v) is 23.5. The topological polar surface area (TPSA) is 69.6 Å². The Labute approximate surface area is 240 Å². The summed E-state index contributed by atoms with van der Waals surface area (Å²) in [4.78, 5) is 32.7. The predicted molar refractivity (Wildman–Crippen MR) is 158 cm³/mol. The number of aromatic nitrogens is 2. The Morgan fingerprint density at radius 2 is 1.52 bits per heavy atom. The van der Waals surface area contributed by atoms with E-state index in [0.29, 0.717) is 42.5 Å². The summed E-state index contributed by atoms with van der Waals surface area (Å²) in [7, 11) is 0. The lowest BCUT2D eigenvalue weighted by Crippen LogP contribution is -2.52. The van der Waals surface area contributed by atoms with Crippen LogP contribution in [0.3, 0.4) is 0 Å². The Bertz CT molecular complexity index is 1450. The summed E-state index contributed by atoms with van der Waals surface area (Å²) < 4.78 is 0. The van der Waals surface area contributed by atoms with Gasteiger partial charge in [0.15, 0.2) is 5.82 Å². The standard InChI is InChI=1S/C32H32ClN5O2/c1-23-12-14-26(15-13-23)32(40)38(24(2)25-8-4-3-5-9-25)22-31(39)37-20-18-36(19-21-37)30-17-16-29(34-35-30)27-10-6-7-11-28(27)33/h3-17,24H,18-22H2,1-2H3. The number of hydrogen-bond acceptors (Lipinski definition) is 5. The molecule has 0 saturated carbocycles. The van der Waals surface area contributed by atoms with Crippen LogP contribution in [0.1, 0.15) is 34.5 Å². The zero-order chi connectivity index (χ0) is 28.1. The first kappa shape index (κ1) is 27.3. The van der Waals surface area contributed by atoms with Crippen LogP contribution in [0.2, 0.25) is 5.02 Å². The smallest absolute Gasteiger partial charge is 0.254 e. The summed E-state index contributed by atoms with van der Waals surface area (Å²) >= 11 is 6.30. The maximum absolute atomic E-state index is 13.6. The average Bonchev–Trinajstić information content (AvgIpc) is 3.00. The Balaban J connectivity index is 1.25. The molecular weight excluding hydrogens is 522 g/mol. The highest BCUT2D eigenvalue weighted by molar-refractivity contribution is 6.33. The number of benzene rings is 3. The summed E-state index contributed by atoms with van der Waals surface area (Å²) in [6.45, 7) is 6.31. The number of piperazine rings is 1. The normalized spacial score (nSPS) is 14.1. The van der Waals surface area contributed by atoms with Gasteiger partial charge in [-0.1, -0.05) is 77.8 Å². The van der Waals surface area contributed by atoms with Crippen molar-refractivity contribution >= 4 is 29.2 Å². The molecule has 8 heteroatoms. The lowest BCUT2D eigenvalue weighted by atomic mass is 10.0. The molecule has 1 unspecified atom stereocenters. The third-order valence-electron chi connectivity index (χ3n) is 7.37. The summed E-state index contributed by atoms with van der Waals surface area (Å²) in [6.07, 6.45) is 0. The average molecular weight is 554 g/mol. The molecule has 40 heavy (non-hydrogen) atoms. The van der Waals surface area contributed by atoms with Crippen LogP contribution in [0.15, 0.2) is 91.0 Å². The van der Waals surface area contributed by atoms with E-state index in [4.69, 9.17) is 11.6 Å². The molecule has 5 rings (SSSR count). The number of amides is 2. The Kier molecular flexibility index (Phi) is 8.41. The van der Waals surface area contributed by atoms with Crippen molar-refractivity contribution in [2.45, 2.75) is 19.9 Å². The fourth-order valence-corrected chi connectivity index (χ4v) is 5.13. The van der Waals surface area contributed by atoms with E-state index in [1.54, 1.807) is 4.90 Å². The van der Waals surface area contributed by atoms with Crippen molar-refractivity contribution < 1.29 is 9.59 Å². The molecule has 1 atom stereocenters. The summed E-state index contributed by atoms with van der Waals surface area (Å²) in [5, 5.41) is 9.43. The van der Waals surface area contributed by atoms with Gasteiger partial charge in [0, 0.05) is 37.3 Å². The SMILES string of the molecule is Cc1ccc(C(=O)N(CC(=O)N2CCN(c3ccc(-c4ccccc4Cl)nn3)CC2)C(C)c2ccccc2)cc1. The van der Waals surface area contributed by atoms with Gasteiger partial charge in [0.05, 0.1) is 16.8 Å². The first-order valence-electron chi connectivity index (χ1n) is 13.4. The number of rotatable bonds is 7. The monoisotopic (exact) mass is 553 g/mol. The molecule has 2 heterocycles. The number of carbonyl (C=O) groups is 2. The van der Waals surface area contributed by atoms with Gasteiger partial charge in [-0.05, 0) is 49.7 Å². The fourth-order valence-electron chi connectivity index (χ4n) is 4.90. The minimum absolute atomic E-state index is 0.00904. The van der Waals surface area contributed by atoms with Crippen LogP contribution in [0.25, 0.3) is 11.3 Å². The van der Waals surface area contributed by atoms with Crippen molar-refractivity contribution in [2.24, 2.45) is 0 Å². The van der Waals surface area contributed by atoms with Gasteiger partial charge in [-0.15, -0.1) is 10.2 Å². The maximum atomic E-state index is 13.6. The first-order chi connectivity index (χ1) is 19.4. The van der Waals surface area contributed by atoms with Crippen LogP contribution in [-0.4, -0.2) is 64.5 Å². The number of carbonyl (C=O) groups excluding carboxylic acids is 2. The zero-order valence-electron chi connectivity index (χ0n) is 22.7. The van der Waals surface area contributed by atoms with E-state index < -0.39 is 0 Å². The van der Waals surface area contributed by atoms with Crippen molar-refractivity contribution in [3.05, 3.63) is 113 Å². The molecule has 3 aromatic carbocycles. The molecule has 0 bridgehead atoms. The van der Waals surface area contributed by atoms with E-state index in [1.807, 2.05) is 110 Å². The van der Waals surface area contributed by atoms with Crippen molar-refractivity contribution in [1.29, 1.82) is 0 Å². The molecule has 1 aromatic heterocycles. The molecule has 204 valence electrons. The van der Waals surface area contributed by atoms with Crippen LogP contribution in [0.4, 0.5) is 5.82 Å². The Hall–Kier alpha value is -4.23. The van der Waals surface area contributed by atoms with Gasteiger partial charge in [-0.3, -0.25) is 9.59 Å². The molecule has 0 spiro atoms. The van der Waals surface area contributed by atoms with Gasteiger partial charge in [0.25, 0.3) is 5.91 Å². The van der Waals surface area contributed by atoms with Crippen molar-refractivity contribution in [1.82, 2.24) is 20.0 Å². The Morgan fingerprint density at radius 3 is 2.17 bits per heavy atom. The highest BCUT2D eigenvalue weighted by Crippen LogP contribution is 2.27. The third kappa shape index (κ3) is 6.15. The number of nitrogens with zero attached hydrogens (tertiary/aromatic N) is 5. The van der Waals surface area contributed by atoms with Crippen LogP contribution in [0.5, 0.6) is 0 Å². The van der Waals surface area contributed by atoms with Gasteiger partial charge in [-0.2, -0.15) is 0 Å². The van der Waals surface area contributed by atoms with Gasteiger partial charge in [-0.25, -0.2) is 0 Å². The van der Waals surface area contributed by atoms with E-state index in [0.717, 1.165) is 22.5 Å². The second-order valence-corrected chi connectivity index (χ2v) is 10.4. The van der Waals surface area contributed by atoms with Gasteiger partial charge < -0.3 is 14.7 Å². The van der Waals surface area contributed by atoms with Crippen LogP contribution >= 0.6 is 11.6 Å². The molecule has 0 radical (unpaired) electrons. The fraction of sp³-hybridized carbons (Fsp3) is 0.250. The molecule has 1 saturated heterocycles. The van der Waals surface area contributed by atoms with Crippen LogP contribution < -0.4 is 4.90 Å². The molecule has 4 aromatic rings. The molecule has 1 aliphatic heterocycles. The Morgan fingerprint density at radius 1 is 0.850 bits per heavy atom. The lowest BCUT2D eigenvalue weighted by molar-refractivity contribution is -0.132. The molecule has 2 amide bonds. The number of aryl methyl sites for hydroxylation is 1. The quantitative estimate of drug-likeness (QED) is 0.295. The van der Waals surface area contributed by atoms with Crippen LogP contribution in [-0.2, 0) is 4.79 Å². The molecule has 0 N–H and O–H groups in total. The molecule has 1 aliphatic rings. The van der Waals surface area contributed by atoms with Crippen molar-refractivity contribution in [2.75, 3.05) is 37.6 Å². The van der Waals surface area contributed by atoms with Gasteiger partial charge in [0.2, 0.25) is 5.91 Å². The second kappa shape index (κ2) is 12.3. The number of halogens is 1. The molecule has 7 nitrogen and oxygen atoms in total. The molecule has 0 aliphatic carbocycles. The highest BCUT2D eigenvalue weighted by Gasteiger charge is 2.29. The van der Waals surface area contributed by atoms with Gasteiger partial charge >= 0.3 is 0 Å². The minimum atomic E-state index is -0.257. The summed E-state index contributed by atoms with van der Waals surface area (Å²) in [5.74, 6) is 0.539. The predicted octanol–water partition coefficient (Wildman–Crippen LogP) is 5.66. The number of anilines is 1.